The van der Waals surface area contributed by atoms with Gasteiger partial charge in [-0.3, -0.25) is 0 Å². The first-order valence-electron chi connectivity index (χ1n) is 0.463. The molecule has 0 spiro atoms. The molecule has 34 valence electrons. The largest absolute Gasteiger partial charge is 0.661 e. The fourth-order valence-electron chi connectivity index (χ4n) is 0. The van der Waals surface area contributed by atoms with Gasteiger partial charge in [-0.1, -0.05) is 0 Å². The van der Waals surface area contributed by atoms with Gasteiger partial charge in [0.15, 0.2) is 0 Å². The molecule has 0 nitrogen and oxygen atoms in total. The average molecular weight is 123 g/mol. The zero-order valence-electron chi connectivity index (χ0n) is 2.04. The predicted molar refractivity (Wildman–Crippen MR) is 21.1 cm³/mol. The zero-order chi connectivity index (χ0) is 3.58. The van der Waals surface area contributed by atoms with Gasteiger partial charge in [-0.2, -0.15) is 13.5 Å². The second-order valence-corrected chi connectivity index (χ2v) is 0.525. The van der Waals surface area contributed by atoms with Gasteiger partial charge in [-0.05, 0) is 0 Å². The summed E-state index contributed by atoms with van der Waals surface area (Å²) in [4.78, 5) is 0. The summed E-state index contributed by atoms with van der Waals surface area (Å²) in [5.74, 6) is 0. The van der Waals surface area contributed by atoms with Crippen LogP contribution in [0.3, 0.4) is 0 Å². The maximum atomic E-state index is 9.69. The lowest BCUT2D eigenvalue weighted by molar-refractivity contribution is 0.662. The van der Waals surface area contributed by atoms with Crippen LogP contribution in [0.2, 0.25) is 0 Å². The molecule has 5 heavy (non-hydrogen) atoms. The van der Waals surface area contributed by atoms with Crippen LogP contribution in [0.4, 0.5) is 11.7 Å². The van der Waals surface area contributed by atoms with Crippen molar-refractivity contribution in [1.82, 2.24) is 0 Å². The van der Waals surface area contributed by atoms with Gasteiger partial charge in [0.05, 0.1) is 0 Å². The van der Waals surface area contributed by atoms with Gasteiger partial charge in [0.2, 0.25) is 0 Å². The van der Waals surface area contributed by atoms with Crippen molar-refractivity contribution in [2.24, 2.45) is 0 Å². The van der Waals surface area contributed by atoms with E-state index in [2.05, 4.69) is 0 Å². The summed E-state index contributed by atoms with van der Waals surface area (Å²) in [6.45, 7) is 0. The lowest BCUT2D eigenvalue weighted by atomic mass is 18.8. The highest BCUT2D eigenvalue weighted by atomic mass is 32.3. The Labute approximate surface area is 38.0 Å². The van der Waals surface area contributed by atoms with E-state index >= 15 is 0 Å². The summed E-state index contributed by atoms with van der Waals surface area (Å²) < 4.78 is 29.1. The maximum absolute atomic E-state index is 9.69. The summed E-state index contributed by atoms with van der Waals surface area (Å²) in [6.07, 6.45) is 0. The monoisotopic (exact) mass is 123 g/mol. The van der Waals surface area contributed by atoms with E-state index in [1.807, 2.05) is 0 Å². The summed E-state index contributed by atoms with van der Waals surface area (Å²) >= 11 is -3.86. The van der Waals surface area contributed by atoms with Gasteiger partial charge >= 0.3 is 12.1 Å². The Balaban J connectivity index is 0. The van der Waals surface area contributed by atoms with E-state index in [0.29, 0.717) is 0 Å². The van der Waals surface area contributed by atoms with Crippen LogP contribution in [0, 0.1) is 0 Å². The van der Waals surface area contributed by atoms with Crippen molar-refractivity contribution in [3.05, 3.63) is 0 Å². The van der Waals surface area contributed by atoms with E-state index in [4.69, 9.17) is 0 Å². The van der Waals surface area contributed by atoms with Crippen molar-refractivity contribution in [3.63, 3.8) is 0 Å². The number of rotatable bonds is 0. The molecule has 0 aliphatic carbocycles. The molecule has 0 aromatic rings. The lowest BCUT2D eigenvalue weighted by Gasteiger charge is -1.37. The predicted octanol–water partition coefficient (Wildman–Crippen LogP) is 1.37. The fourth-order valence-corrected chi connectivity index (χ4v) is 0. The van der Waals surface area contributed by atoms with Crippen molar-refractivity contribution in [3.8, 4) is 0 Å². The molecule has 0 aromatic carbocycles. The first kappa shape index (κ1) is 9.09. The van der Waals surface area contributed by atoms with E-state index in [0.717, 1.165) is 0 Å². The first-order chi connectivity index (χ1) is 1.73. The maximum Gasteiger partial charge on any atom is 0.661 e. The molecule has 0 fully saturated rings. The number of halogens is 3. The molecular formula is H2F3S2+. The lowest BCUT2D eigenvalue weighted by Crippen LogP contribution is -1.54. The highest BCUT2D eigenvalue weighted by Crippen LogP contribution is 1.95. The van der Waals surface area contributed by atoms with Crippen molar-refractivity contribution in [1.29, 1.82) is 0 Å². The first-order valence-corrected chi connectivity index (χ1v) is 1.39. The summed E-state index contributed by atoms with van der Waals surface area (Å²) in [6, 6.07) is 0. The van der Waals surface area contributed by atoms with Crippen molar-refractivity contribution in [2.75, 3.05) is 0 Å². The van der Waals surface area contributed by atoms with Crippen LogP contribution in [0.15, 0.2) is 0 Å². The number of hydrogen-bond donors (Lipinski definition) is 0. The Hall–Kier alpha value is 0.490. The van der Waals surface area contributed by atoms with E-state index in [1.54, 1.807) is 0 Å². The minimum atomic E-state index is -3.86. The SMILES string of the molecule is F[S+](F)F.S. The summed E-state index contributed by atoms with van der Waals surface area (Å²) in [7, 11) is 0. The molecule has 0 saturated heterocycles. The van der Waals surface area contributed by atoms with Crippen LogP contribution in [0.5, 0.6) is 0 Å². The van der Waals surface area contributed by atoms with Gasteiger partial charge in [0.25, 0.3) is 0 Å². The Bertz CT molecular complexity index is 9.61. The van der Waals surface area contributed by atoms with Crippen LogP contribution in [0.25, 0.3) is 0 Å². The van der Waals surface area contributed by atoms with Crippen molar-refractivity contribution >= 4 is 25.5 Å². The Morgan fingerprint density at radius 2 is 1.00 bits per heavy atom. The van der Waals surface area contributed by atoms with Crippen LogP contribution < -0.4 is 0 Å². The Kier molecular flexibility index (Phi) is 8.16. The van der Waals surface area contributed by atoms with Crippen LogP contribution in [-0.4, -0.2) is 0 Å². The van der Waals surface area contributed by atoms with E-state index < -0.39 is 12.1 Å². The Morgan fingerprint density at radius 1 is 1.00 bits per heavy atom. The fraction of sp³-hybridized carbons (Fsp3) is 0. The third kappa shape index (κ3) is 116. The highest BCUT2D eigenvalue weighted by molar-refractivity contribution is 7.81. The molecule has 0 atom stereocenters. The zero-order valence-corrected chi connectivity index (χ0v) is 3.86. The second-order valence-electron chi connectivity index (χ2n) is 0.175. The smallest absolute Gasteiger partial charge is 0.197 e. The number of hydrogen-bond acceptors (Lipinski definition) is 0. The Morgan fingerprint density at radius 3 is 1.00 bits per heavy atom. The highest BCUT2D eigenvalue weighted by Gasteiger charge is 2.14. The van der Waals surface area contributed by atoms with Gasteiger partial charge in [-0.15, -0.1) is 0 Å². The van der Waals surface area contributed by atoms with E-state index in [-0.39, 0.29) is 13.5 Å². The minimum absolute atomic E-state index is 0. The molecular weight excluding hydrogens is 121 g/mol. The second kappa shape index (κ2) is 4.49. The van der Waals surface area contributed by atoms with Gasteiger partial charge in [-0.25, -0.2) is 0 Å². The molecule has 0 saturated carbocycles. The molecule has 0 rings (SSSR count). The molecule has 0 heterocycles. The molecule has 5 heteroatoms. The quantitative estimate of drug-likeness (QED) is 0.427. The van der Waals surface area contributed by atoms with Crippen LogP contribution in [-0.2, 0) is 12.1 Å². The van der Waals surface area contributed by atoms with E-state index in [1.165, 1.54) is 0 Å². The van der Waals surface area contributed by atoms with Crippen LogP contribution in [0.1, 0.15) is 0 Å². The average Bonchev–Trinajstić information content (AvgIpc) is 0.811. The topological polar surface area (TPSA) is 0 Å². The summed E-state index contributed by atoms with van der Waals surface area (Å²) in [5, 5.41) is 0. The normalized spacial score (nSPS) is 7.20. The minimum Gasteiger partial charge on any atom is -0.197 e. The standard InChI is InChI=1S/F3S.H2S/c1-4(2)3;/h;1H2/q+1;. The molecule has 0 unspecified atom stereocenters. The van der Waals surface area contributed by atoms with Gasteiger partial charge in [0, 0.05) is 0 Å². The third-order valence-corrected chi connectivity index (χ3v) is 0. The molecule has 0 aromatic heterocycles. The van der Waals surface area contributed by atoms with Gasteiger partial charge < -0.3 is 0 Å². The summed E-state index contributed by atoms with van der Waals surface area (Å²) in [5.41, 5.74) is 0. The van der Waals surface area contributed by atoms with Crippen LogP contribution >= 0.6 is 13.5 Å². The van der Waals surface area contributed by atoms with Crippen molar-refractivity contribution < 1.29 is 11.7 Å². The third-order valence-electron chi connectivity index (χ3n) is 0. The van der Waals surface area contributed by atoms with E-state index in [9.17, 15) is 11.7 Å². The molecule has 0 radical (unpaired) electrons. The van der Waals surface area contributed by atoms with Crippen molar-refractivity contribution in [2.45, 2.75) is 0 Å². The van der Waals surface area contributed by atoms with Gasteiger partial charge in [0.1, 0.15) is 11.7 Å². The molecule has 0 N–H and O–H groups in total. The molecule has 0 bridgehead atoms. The molecule has 0 amide bonds. The molecule has 0 aliphatic heterocycles. The molecule has 0 aliphatic rings.